The van der Waals surface area contributed by atoms with Gasteiger partial charge in [0.2, 0.25) is 0 Å². The largest absolute Gasteiger partial charge is 0.494 e. The first-order valence-corrected chi connectivity index (χ1v) is 8.22. The number of carbonyl (C=O) groups excluding carboxylic acids is 1. The molecule has 5 nitrogen and oxygen atoms in total. The van der Waals surface area contributed by atoms with Gasteiger partial charge in [-0.2, -0.15) is 13.2 Å². The van der Waals surface area contributed by atoms with Crippen LogP contribution in [0, 0.1) is 0 Å². The molecule has 0 unspecified atom stereocenters. The van der Waals surface area contributed by atoms with E-state index >= 15 is 0 Å². The molecule has 1 heterocycles. The Labute approximate surface area is 150 Å². The van der Waals surface area contributed by atoms with Gasteiger partial charge in [0, 0.05) is 0 Å². The molecule has 9 heteroatoms. The number of esters is 1. The summed E-state index contributed by atoms with van der Waals surface area (Å²) in [5.41, 5.74) is -2.13. The van der Waals surface area contributed by atoms with E-state index in [0.717, 1.165) is 12.1 Å². The minimum atomic E-state index is -4.66. The summed E-state index contributed by atoms with van der Waals surface area (Å²) in [5, 5.41) is 0. The van der Waals surface area contributed by atoms with E-state index in [9.17, 15) is 18.0 Å². The molecule has 0 N–H and O–H groups in total. The van der Waals surface area contributed by atoms with Crippen molar-refractivity contribution in [3.05, 3.63) is 23.8 Å². The quantitative estimate of drug-likeness (QED) is 0.586. The van der Waals surface area contributed by atoms with Crippen molar-refractivity contribution in [2.75, 3.05) is 13.2 Å². The minimum absolute atomic E-state index is 0.120. The molecule has 0 saturated carbocycles. The summed E-state index contributed by atoms with van der Waals surface area (Å²) in [5.74, 6) is -1.19. The molecule has 0 atom stereocenters. The van der Waals surface area contributed by atoms with E-state index in [2.05, 4.69) is 4.74 Å². The van der Waals surface area contributed by atoms with E-state index in [0.29, 0.717) is 0 Å². The highest BCUT2D eigenvalue weighted by molar-refractivity contribution is 6.62. The van der Waals surface area contributed by atoms with Gasteiger partial charge in [0.25, 0.3) is 0 Å². The molecule has 0 aliphatic carbocycles. The SMILES string of the molecule is CCOC(=O)COc1ccc(B2OC(C)(C)C(C)(C)O2)cc1C(F)(F)F. The smallest absolute Gasteiger partial charge is 0.481 e. The van der Waals surface area contributed by atoms with Crippen molar-refractivity contribution in [2.45, 2.75) is 52.0 Å². The number of hydrogen-bond donors (Lipinski definition) is 0. The fourth-order valence-electron chi connectivity index (χ4n) is 2.36. The Balaban J connectivity index is 2.28. The Kier molecular flexibility index (Phi) is 5.63. The zero-order valence-corrected chi connectivity index (χ0v) is 15.4. The molecule has 1 saturated heterocycles. The topological polar surface area (TPSA) is 54.0 Å². The second-order valence-electron chi connectivity index (χ2n) is 6.94. The monoisotopic (exact) mass is 374 g/mol. The van der Waals surface area contributed by atoms with Crippen LogP contribution >= 0.6 is 0 Å². The van der Waals surface area contributed by atoms with Crippen LogP contribution in [0.5, 0.6) is 5.75 Å². The molecule has 1 aromatic rings. The predicted molar refractivity (Wildman–Crippen MR) is 89.3 cm³/mol. The molecule has 1 aromatic carbocycles. The summed E-state index contributed by atoms with van der Waals surface area (Å²) in [6.45, 7) is 8.37. The van der Waals surface area contributed by atoms with Crippen molar-refractivity contribution in [2.24, 2.45) is 0 Å². The summed E-state index contributed by atoms with van der Waals surface area (Å²) in [4.78, 5) is 11.3. The first kappa shape index (κ1) is 20.6. The molecule has 144 valence electrons. The van der Waals surface area contributed by atoms with Crippen LogP contribution in [0.4, 0.5) is 13.2 Å². The van der Waals surface area contributed by atoms with Gasteiger partial charge in [0.15, 0.2) is 6.61 Å². The van der Waals surface area contributed by atoms with Gasteiger partial charge in [-0.3, -0.25) is 0 Å². The van der Waals surface area contributed by atoms with Gasteiger partial charge in [-0.25, -0.2) is 4.79 Å². The summed E-state index contributed by atoms with van der Waals surface area (Å²) in [7, 11) is -0.930. The van der Waals surface area contributed by atoms with Crippen molar-refractivity contribution < 1.29 is 36.7 Å². The van der Waals surface area contributed by atoms with Crippen LogP contribution in [0.25, 0.3) is 0 Å². The molecule has 1 aliphatic heterocycles. The van der Waals surface area contributed by atoms with Crippen LogP contribution in [-0.4, -0.2) is 37.5 Å². The van der Waals surface area contributed by atoms with Crippen LogP contribution in [0.1, 0.15) is 40.2 Å². The first-order chi connectivity index (χ1) is 11.9. The standard InChI is InChI=1S/C17H22BF3O5/c1-6-23-14(22)10-24-13-8-7-11(9-12(13)17(19,20)21)18-25-15(2,3)16(4,5)26-18/h7-9H,6,10H2,1-5H3. The van der Waals surface area contributed by atoms with Gasteiger partial charge in [-0.15, -0.1) is 0 Å². The zero-order chi connectivity index (χ0) is 19.8. The Morgan fingerprint density at radius 1 is 1.15 bits per heavy atom. The lowest BCUT2D eigenvalue weighted by Gasteiger charge is -2.32. The molecule has 0 amide bonds. The second-order valence-corrected chi connectivity index (χ2v) is 6.94. The minimum Gasteiger partial charge on any atom is -0.481 e. The van der Waals surface area contributed by atoms with Gasteiger partial charge in [0.1, 0.15) is 5.75 Å². The summed E-state index contributed by atoms with van der Waals surface area (Å²) >= 11 is 0. The molecule has 0 bridgehead atoms. The van der Waals surface area contributed by atoms with E-state index in [1.54, 1.807) is 6.92 Å². The summed E-state index contributed by atoms with van der Waals surface area (Å²) in [6.07, 6.45) is -4.66. The Morgan fingerprint density at radius 3 is 2.23 bits per heavy atom. The molecule has 0 spiro atoms. The van der Waals surface area contributed by atoms with Crippen LogP contribution < -0.4 is 10.2 Å². The number of benzene rings is 1. The highest BCUT2D eigenvalue weighted by Gasteiger charge is 2.52. The lowest BCUT2D eigenvalue weighted by atomic mass is 9.78. The van der Waals surface area contributed by atoms with Crippen LogP contribution in [0.3, 0.4) is 0 Å². The third kappa shape index (κ3) is 4.32. The van der Waals surface area contributed by atoms with Crippen molar-refractivity contribution in [1.29, 1.82) is 0 Å². The van der Waals surface area contributed by atoms with Crippen LogP contribution in [-0.2, 0) is 25.0 Å². The zero-order valence-electron chi connectivity index (χ0n) is 15.4. The maximum Gasteiger partial charge on any atom is 0.494 e. The molecule has 1 aliphatic rings. The van der Waals surface area contributed by atoms with Crippen LogP contribution in [0.15, 0.2) is 18.2 Å². The molecule has 0 radical (unpaired) electrons. The number of alkyl halides is 3. The van der Waals surface area contributed by atoms with E-state index in [4.69, 9.17) is 14.0 Å². The molecule has 2 rings (SSSR count). The third-order valence-corrected chi connectivity index (χ3v) is 4.49. The molecule has 1 fully saturated rings. The van der Waals surface area contributed by atoms with E-state index in [1.807, 2.05) is 27.7 Å². The lowest BCUT2D eigenvalue weighted by molar-refractivity contribution is -0.147. The summed E-state index contributed by atoms with van der Waals surface area (Å²) < 4.78 is 61.5. The van der Waals surface area contributed by atoms with Gasteiger partial charge < -0.3 is 18.8 Å². The Morgan fingerprint density at radius 2 is 1.73 bits per heavy atom. The normalized spacial score (nSPS) is 18.7. The average molecular weight is 374 g/mol. The van der Waals surface area contributed by atoms with Gasteiger partial charge in [-0.05, 0) is 52.2 Å². The first-order valence-electron chi connectivity index (χ1n) is 8.22. The van der Waals surface area contributed by atoms with Gasteiger partial charge in [-0.1, -0.05) is 6.07 Å². The van der Waals surface area contributed by atoms with E-state index in [1.165, 1.54) is 6.07 Å². The highest BCUT2D eigenvalue weighted by atomic mass is 19.4. The molecular weight excluding hydrogens is 352 g/mol. The fraction of sp³-hybridized carbons (Fsp3) is 0.588. The number of rotatable bonds is 5. The highest BCUT2D eigenvalue weighted by Crippen LogP contribution is 2.39. The van der Waals surface area contributed by atoms with Gasteiger partial charge in [0.05, 0.1) is 23.4 Å². The third-order valence-electron chi connectivity index (χ3n) is 4.49. The second kappa shape index (κ2) is 7.11. The predicted octanol–water partition coefficient (Wildman–Crippen LogP) is 2.95. The molecule has 0 aromatic heterocycles. The van der Waals surface area contributed by atoms with E-state index < -0.39 is 48.4 Å². The Bertz CT molecular complexity index is 657. The maximum absolute atomic E-state index is 13.4. The van der Waals surface area contributed by atoms with E-state index in [-0.39, 0.29) is 12.1 Å². The number of hydrogen-bond acceptors (Lipinski definition) is 5. The van der Waals surface area contributed by atoms with Crippen molar-refractivity contribution in [3.63, 3.8) is 0 Å². The fourth-order valence-corrected chi connectivity index (χ4v) is 2.36. The number of carbonyl (C=O) groups is 1. The van der Waals surface area contributed by atoms with Gasteiger partial charge >= 0.3 is 19.3 Å². The van der Waals surface area contributed by atoms with Crippen molar-refractivity contribution in [1.82, 2.24) is 0 Å². The van der Waals surface area contributed by atoms with Crippen molar-refractivity contribution >= 4 is 18.6 Å². The molecular formula is C17H22BF3O5. The lowest BCUT2D eigenvalue weighted by Crippen LogP contribution is -2.41. The van der Waals surface area contributed by atoms with Crippen LogP contribution in [0.2, 0.25) is 0 Å². The maximum atomic E-state index is 13.4. The molecule has 26 heavy (non-hydrogen) atoms. The van der Waals surface area contributed by atoms with Crippen molar-refractivity contribution in [3.8, 4) is 5.75 Å². The number of ether oxygens (including phenoxy) is 2. The summed E-state index contributed by atoms with van der Waals surface area (Å²) in [6, 6.07) is 3.50. The number of halogens is 3. The Hall–Kier alpha value is -1.74. The average Bonchev–Trinajstić information content (AvgIpc) is 2.72.